The summed E-state index contributed by atoms with van der Waals surface area (Å²) >= 11 is 0. The van der Waals surface area contributed by atoms with Crippen LogP contribution >= 0.6 is 0 Å². The standard InChI is InChI=1S/C34H35F4N5O2/c1-21-6-3-8-27(35)30(21)33(45)43-17-4-7-26(32(44)40-25-15-14-24-19-39-41(2)28(24)18-25)31(43)23-12-10-22(11-13-23)20-42-16-5-9-29(42)34(36,37)38/h3,6,8,10-15,18-19,26,29,31H,4-5,7,9,16-17,20H2,1-2H3,(H,40,44)/t26-,29+,31-/m0/s1. The molecule has 2 aliphatic rings. The second-order valence-corrected chi connectivity index (χ2v) is 12.1. The van der Waals surface area contributed by atoms with E-state index in [0.29, 0.717) is 54.7 Å². The van der Waals surface area contributed by atoms with Crippen molar-refractivity contribution >= 4 is 28.4 Å². The van der Waals surface area contributed by atoms with Crippen LogP contribution in [0.5, 0.6) is 0 Å². The Balaban J connectivity index is 1.31. The second-order valence-electron chi connectivity index (χ2n) is 12.1. The average Bonchev–Trinajstić information content (AvgIpc) is 3.63. The number of likely N-dealkylation sites (tertiary alicyclic amines) is 2. The third-order valence-electron chi connectivity index (χ3n) is 9.13. The molecule has 2 fully saturated rings. The number of aryl methyl sites for hydroxylation is 2. The molecule has 2 aliphatic heterocycles. The topological polar surface area (TPSA) is 70.5 Å². The molecule has 0 radical (unpaired) electrons. The van der Waals surface area contributed by atoms with Crippen molar-refractivity contribution in [1.29, 1.82) is 0 Å². The summed E-state index contributed by atoms with van der Waals surface area (Å²) in [5.74, 6) is -2.07. The third-order valence-corrected chi connectivity index (χ3v) is 9.13. The maximum Gasteiger partial charge on any atom is 0.404 e. The summed E-state index contributed by atoms with van der Waals surface area (Å²) < 4.78 is 57.3. The number of hydrogen-bond donors (Lipinski definition) is 1. The molecular weight excluding hydrogens is 586 g/mol. The van der Waals surface area contributed by atoms with Gasteiger partial charge in [-0.2, -0.15) is 18.3 Å². The first-order valence-corrected chi connectivity index (χ1v) is 15.2. The zero-order valence-electron chi connectivity index (χ0n) is 25.1. The van der Waals surface area contributed by atoms with Gasteiger partial charge in [0.05, 0.1) is 29.2 Å². The predicted molar refractivity (Wildman–Crippen MR) is 163 cm³/mol. The van der Waals surface area contributed by atoms with Crippen molar-refractivity contribution in [2.24, 2.45) is 13.0 Å². The van der Waals surface area contributed by atoms with E-state index < -0.39 is 35.9 Å². The quantitative estimate of drug-likeness (QED) is 0.241. The number of alkyl halides is 3. The molecule has 1 aromatic heterocycles. The Bertz CT molecular complexity index is 1700. The summed E-state index contributed by atoms with van der Waals surface area (Å²) in [7, 11) is 1.82. The van der Waals surface area contributed by atoms with Crippen LogP contribution in [0.15, 0.2) is 66.9 Å². The summed E-state index contributed by atoms with van der Waals surface area (Å²) in [4.78, 5) is 30.9. The van der Waals surface area contributed by atoms with Crippen LogP contribution in [0.1, 0.15) is 58.8 Å². The number of amides is 2. The monoisotopic (exact) mass is 621 g/mol. The van der Waals surface area contributed by atoms with Crippen molar-refractivity contribution < 1.29 is 27.2 Å². The molecule has 3 atom stereocenters. The number of nitrogens with one attached hydrogen (secondary N) is 1. The Kier molecular flexibility index (Phi) is 8.39. The summed E-state index contributed by atoms with van der Waals surface area (Å²) in [6, 6.07) is 14.9. The number of halogens is 4. The minimum absolute atomic E-state index is 0.0333. The smallest absolute Gasteiger partial charge is 0.331 e. The zero-order valence-corrected chi connectivity index (χ0v) is 25.1. The molecule has 0 spiro atoms. The molecule has 45 heavy (non-hydrogen) atoms. The van der Waals surface area contributed by atoms with Gasteiger partial charge in [-0.15, -0.1) is 0 Å². The Labute approximate surface area is 258 Å². The highest BCUT2D eigenvalue weighted by Crippen LogP contribution is 2.39. The van der Waals surface area contributed by atoms with Crippen LogP contribution in [0.2, 0.25) is 0 Å². The molecule has 236 valence electrons. The number of aromatic nitrogens is 2. The van der Waals surface area contributed by atoms with E-state index in [1.54, 1.807) is 65.2 Å². The molecule has 0 bridgehead atoms. The van der Waals surface area contributed by atoms with Gasteiger partial charge >= 0.3 is 6.18 Å². The normalized spacial score (nSPS) is 20.9. The molecule has 11 heteroatoms. The van der Waals surface area contributed by atoms with E-state index in [2.05, 4.69) is 10.4 Å². The van der Waals surface area contributed by atoms with Gasteiger partial charge in [0.2, 0.25) is 5.91 Å². The van der Waals surface area contributed by atoms with E-state index >= 15 is 4.39 Å². The van der Waals surface area contributed by atoms with Crippen molar-refractivity contribution in [2.45, 2.75) is 57.4 Å². The van der Waals surface area contributed by atoms with Gasteiger partial charge < -0.3 is 10.2 Å². The minimum Gasteiger partial charge on any atom is -0.331 e. The molecule has 7 nitrogen and oxygen atoms in total. The maximum atomic E-state index is 15.0. The highest BCUT2D eigenvalue weighted by Gasteiger charge is 2.46. The first kappa shape index (κ1) is 30.8. The van der Waals surface area contributed by atoms with Crippen LogP contribution in [0.3, 0.4) is 0 Å². The van der Waals surface area contributed by atoms with Crippen LogP contribution in [-0.4, -0.2) is 56.7 Å². The van der Waals surface area contributed by atoms with E-state index in [-0.39, 0.29) is 24.4 Å². The van der Waals surface area contributed by atoms with E-state index in [0.717, 1.165) is 10.9 Å². The number of benzene rings is 3. The lowest BCUT2D eigenvalue weighted by atomic mass is 9.83. The van der Waals surface area contributed by atoms with Crippen LogP contribution in [-0.2, 0) is 18.4 Å². The first-order valence-electron chi connectivity index (χ1n) is 15.2. The van der Waals surface area contributed by atoms with Crippen molar-refractivity contribution in [3.63, 3.8) is 0 Å². The van der Waals surface area contributed by atoms with E-state index in [9.17, 15) is 22.8 Å². The Hall–Kier alpha value is -4.25. The van der Waals surface area contributed by atoms with Gasteiger partial charge in [0.15, 0.2) is 0 Å². The largest absolute Gasteiger partial charge is 0.404 e. The lowest BCUT2D eigenvalue weighted by molar-refractivity contribution is -0.177. The second kappa shape index (κ2) is 12.3. The number of piperidine rings is 1. The zero-order chi connectivity index (χ0) is 31.9. The molecule has 2 amide bonds. The van der Waals surface area contributed by atoms with Crippen LogP contribution in [0, 0.1) is 18.7 Å². The summed E-state index contributed by atoms with van der Waals surface area (Å²) in [5.41, 5.74) is 3.27. The number of rotatable bonds is 6. The Morgan fingerprint density at radius 2 is 1.76 bits per heavy atom. The van der Waals surface area contributed by atoms with Crippen molar-refractivity contribution in [3.05, 3.63) is 94.9 Å². The van der Waals surface area contributed by atoms with Gasteiger partial charge in [-0.25, -0.2) is 4.39 Å². The van der Waals surface area contributed by atoms with Crippen LogP contribution in [0.4, 0.5) is 23.2 Å². The number of nitrogens with zero attached hydrogens (tertiary/aromatic N) is 4. The van der Waals surface area contributed by atoms with Crippen LogP contribution < -0.4 is 5.32 Å². The third kappa shape index (κ3) is 6.18. The number of carbonyl (C=O) groups is 2. The van der Waals surface area contributed by atoms with E-state index in [1.807, 2.05) is 19.2 Å². The molecule has 1 N–H and O–H groups in total. The van der Waals surface area contributed by atoms with Gasteiger partial charge in [0, 0.05) is 31.2 Å². The number of fused-ring (bicyclic) bond motifs is 1. The number of hydrogen-bond acceptors (Lipinski definition) is 4. The fourth-order valence-electron chi connectivity index (χ4n) is 6.85. The SMILES string of the molecule is Cc1cccc(F)c1C(=O)N1CCC[C@H](C(=O)Nc2ccc3cnn(C)c3c2)[C@@H]1c1ccc(CN2CCC[C@@H]2C(F)(F)F)cc1. The molecule has 6 rings (SSSR count). The first-order chi connectivity index (χ1) is 21.5. The van der Waals surface area contributed by atoms with Crippen molar-refractivity contribution in [1.82, 2.24) is 19.6 Å². The van der Waals surface area contributed by atoms with Gasteiger partial charge in [-0.3, -0.25) is 19.2 Å². The molecule has 2 saturated heterocycles. The lowest BCUT2D eigenvalue weighted by Crippen LogP contribution is -2.46. The fraction of sp³-hybridized carbons (Fsp3) is 0.382. The molecule has 3 aromatic carbocycles. The summed E-state index contributed by atoms with van der Waals surface area (Å²) in [6.07, 6.45) is -0.940. The molecule has 3 heterocycles. The molecule has 0 saturated carbocycles. The van der Waals surface area contributed by atoms with E-state index in [1.165, 1.54) is 11.0 Å². The molecular formula is C34H35F4N5O2. The highest BCUT2D eigenvalue weighted by atomic mass is 19.4. The van der Waals surface area contributed by atoms with Crippen LogP contribution in [0.25, 0.3) is 10.9 Å². The van der Waals surface area contributed by atoms with Crippen molar-refractivity contribution in [3.8, 4) is 0 Å². The molecule has 4 aromatic rings. The number of carbonyl (C=O) groups excluding carboxylic acids is 2. The molecule has 0 aliphatic carbocycles. The summed E-state index contributed by atoms with van der Waals surface area (Å²) in [5, 5.41) is 8.20. The Morgan fingerprint density at radius 3 is 2.49 bits per heavy atom. The Morgan fingerprint density at radius 1 is 1.00 bits per heavy atom. The maximum absolute atomic E-state index is 15.0. The van der Waals surface area contributed by atoms with Crippen molar-refractivity contribution in [2.75, 3.05) is 18.4 Å². The van der Waals surface area contributed by atoms with E-state index in [4.69, 9.17) is 0 Å². The highest BCUT2D eigenvalue weighted by molar-refractivity contribution is 5.98. The van der Waals surface area contributed by atoms with Gasteiger partial charge in [-0.1, -0.05) is 36.4 Å². The average molecular weight is 622 g/mol. The van der Waals surface area contributed by atoms with Gasteiger partial charge in [0.25, 0.3) is 5.91 Å². The predicted octanol–water partition coefficient (Wildman–Crippen LogP) is 6.78. The minimum atomic E-state index is -4.29. The van der Waals surface area contributed by atoms with Gasteiger partial charge in [-0.05, 0) is 80.1 Å². The summed E-state index contributed by atoms with van der Waals surface area (Å²) in [6.45, 7) is 2.51. The number of anilines is 1. The lowest BCUT2D eigenvalue weighted by Gasteiger charge is -2.41. The molecule has 0 unspecified atom stereocenters. The fourth-order valence-corrected chi connectivity index (χ4v) is 6.85. The van der Waals surface area contributed by atoms with Gasteiger partial charge in [0.1, 0.15) is 11.9 Å².